The van der Waals surface area contributed by atoms with E-state index in [1.165, 1.54) is 0 Å². The summed E-state index contributed by atoms with van der Waals surface area (Å²) in [5.74, 6) is 1.57. The predicted molar refractivity (Wildman–Crippen MR) is 99.1 cm³/mol. The van der Waals surface area contributed by atoms with Crippen LogP contribution in [0.4, 0.5) is 0 Å². The molecule has 4 aromatic rings. The van der Waals surface area contributed by atoms with Crippen LogP contribution in [0, 0.1) is 0 Å². The Kier molecular flexibility index (Phi) is 3.76. The Bertz CT molecular complexity index is 1170. The first-order chi connectivity index (χ1) is 13.7. The van der Waals surface area contributed by atoms with E-state index in [-0.39, 0.29) is 6.61 Å². The summed E-state index contributed by atoms with van der Waals surface area (Å²) in [5.41, 5.74) is 5.61. The van der Waals surface area contributed by atoms with Gasteiger partial charge in [0.05, 0.1) is 24.2 Å². The van der Waals surface area contributed by atoms with Gasteiger partial charge in [-0.15, -0.1) is 10.2 Å². The zero-order valence-electron chi connectivity index (χ0n) is 15.7. The van der Waals surface area contributed by atoms with E-state index in [4.69, 9.17) is 13.9 Å². The molecule has 0 saturated carbocycles. The Morgan fingerprint density at radius 1 is 1.18 bits per heavy atom. The van der Waals surface area contributed by atoms with Gasteiger partial charge in [0.15, 0.2) is 0 Å². The largest absolute Gasteiger partial charge is 0.497 e. The third-order valence-corrected chi connectivity index (χ3v) is 4.78. The number of imidazole rings is 1. The Hall–Kier alpha value is -3.46. The summed E-state index contributed by atoms with van der Waals surface area (Å²) in [6, 6.07) is 5.94. The molecule has 5 rings (SSSR count). The minimum Gasteiger partial charge on any atom is -0.497 e. The maximum absolute atomic E-state index is 5.73. The lowest BCUT2D eigenvalue weighted by molar-refractivity contribution is 0.160. The van der Waals surface area contributed by atoms with Gasteiger partial charge in [0.25, 0.3) is 5.89 Å². The van der Waals surface area contributed by atoms with Crippen molar-refractivity contribution < 1.29 is 13.9 Å². The molecule has 3 aromatic heterocycles. The van der Waals surface area contributed by atoms with Crippen LogP contribution in [0.25, 0.3) is 28.5 Å². The van der Waals surface area contributed by atoms with Crippen LogP contribution in [0.1, 0.15) is 17.1 Å². The second-order valence-electron chi connectivity index (χ2n) is 6.58. The lowest BCUT2D eigenvalue weighted by Gasteiger charge is -2.11. The summed E-state index contributed by atoms with van der Waals surface area (Å²) in [6.45, 7) is 0.262. The molecule has 1 aromatic carbocycles. The quantitative estimate of drug-likeness (QED) is 0.474. The van der Waals surface area contributed by atoms with Gasteiger partial charge in [0, 0.05) is 37.9 Å². The lowest BCUT2D eigenvalue weighted by Crippen LogP contribution is -2.00. The molecule has 0 unspecified atom stereocenters. The minimum atomic E-state index is 0.262. The first kappa shape index (κ1) is 16.7. The number of nitrogens with zero attached hydrogens (tertiary/aromatic N) is 6. The highest BCUT2D eigenvalue weighted by Gasteiger charge is 2.27. The minimum absolute atomic E-state index is 0.262. The number of ether oxygens (including phenoxy) is 2. The average Bonchev–Trinajstić information content (AvgIpc) is 3.39. The molecule has 9 heteroatoms. The van der Waals surface area contributed by atoms with Gasteiger partial charge >= 0.3 is 0 Å². The summed E-state index contributed by atoms with van der Waals surface area (Å²) in [6.07, 6.45) is 4.44. The number of aryl methyl sites for hydroxylation is 1. The van der Waals surface area contributed by atoms with E-state index in [9.17, 15) is 0 Å². The van der Waals surface area contributed by atoms with E-state index in [1.54, 1.807) is 20.5 Å². The summed E-state index contributed by atoms with van der Waals surface area (Å²) in [5, 5.41) is 12.9. The molecule has 1 aliphatic rings. The van der Waals surface area contributed by atoms with Crippen molar-refractivity contribution in [3.63, 3.8) is 0 Å². The number of fused-ring (bicyclic) bond motifs is 5. The molecule has 0 fully saturated rings. The number of rotatable bonds is 4. The number of hydrogen-bond donors (Lipinski definition) is 0. The van der Waals surface area contributed by atoms with E-state index < -0.39 is 0 Å². The monoisotopic (exact) mass is 378 g/mol. The smallest absolute Gasteiger partial charge is 0.268 e. The van der Waals surface area contributed by atoms with Crippen molar-refractivity contribution in [3.8, 4) is 34.3 Å². The highest BCUT2D eigenvalue weighted by molar-refractivity contribution is 5.77. The Labute approximate surface area is 160 Å². The van der Waals surface area contributed by atoms with E-state index in [1.807, 2.05) is 40.7 Å². The average molecular weight is 378 g/mol. The van der Waals surface area contributed by atoms with Gasteiger partial charge in [-0.1, -0.05) is 0 Å². The van der Waals surface area contributed by atoms with E-state index in [0.29, 0.717) is 23.9 Å². The van der Waals surface area contributed by atoms with Crippen molar-refractivity contribution in [3.05, 3.63) is 47.9 Å². The summed E-state index contributed by atoms with van der Waals surface area (Å²) in [7, 11) is 5.16. The van der Waals surface area contributed by atoms with Gasteiger partial charge in [-0.3, -0.25) is 4.68 Å². The van der Waals surface area contributed by atoms with E-state index in [0.717, 1.165) is 34.0 Å². The van der Waals surface area contributed by atoms with Crippen molar-refractivity contribution >= 4 is 0 Å². The SMILES string of the molecule is COCc1nnc(-c2ncn3c2Cc2cn(C)nc2-c2cc(OC)ccc2-3)o1. The van der Waals surface area contributed by atoms with Gasteiger partial charge in [0.2, 0.25) is 5.89 Å². The third-order valence-electron chi connectivity index (χ3n) is 4.78. The number of aromatic nitrogens is 6. The van der Waals surface area contributed by atoms with Crippen molar-refractivity contribution in [2.75, 3.05) is 14.2 Å². The van der Waals surface area contributed by atoms with Crippen LogP contribution in [0.5, 0.6) is 5.75 Å². The molecular weight excluding hydrogens is 360 g/mol. The Morgan fingerprint density at radius 2 is 2.07 bits per heavy atom. The third kappa shape index (κ3) is 2.51. The first-order valence-corrected chi connectivity index (χ1v) is 8.77. The molecule has 0 saturated heterocycles. The fourth-order valence-corrected chi connectivity index (χ4v) is 3.58. The van der Waals surface area contributed by atoms with Gasteiger partial charge in [-0.25, -0.2) is 4.98 Å². The van der Waals surface area contributed by atoms with Crippen molar-refractivity contribution in [1.29, 1.82) is 0 Å². The van der Waals surface area contributed by atoms with Crippen LogP contribution < -0.4 is 4.74 Å². The van der Waals surface area contributed by atoms with Crippen LogP contribution in [-0.2, 0) is 24.8 Å². The van der Waals surface area contributed by atoms with Gasteiger partial charge < -0.3 is 18.5 Å². The summed E-state index contributed by atoms with van der Waals surface area (Å²) >= 11 is 0. The number of hydrogen-bond acceptors (Lipinski definition) is 7. The highest BCUT2D eigenvalue weighted by atomic mass is 16.5. The summed E-state index contributed by atoms with van der Waals surface area (Å²) < 4.78 is 20.1. The lowest BCUT2D eigenvalue weighted by atomic mass is 10.0. The van der Waals surface area contributed by atoms with Crippen molar-refractivity contribution in [2.45, 2.75) is 13.0 Å². The zero-order valence-corrected chi connectivity index (χ0v) is 15.7. The molecule has 4 heterocycles. The van der Waals surface area contributed by atoms with Crippen molar-refractivity contribution in [2.24, 2.45) is 7.05 Å². The molecule has 28 heavy (non-hydrogen) atoms. The second kappa shape index (κ2) is 6.31. The molecule has 0 atom stereocenters. The van der Waals surface area contributed by atoms with Gasteiger partial charge in [-0.2, -0.15) is 5.10 Å². The number of benzene rings is 1. The molecule has 0 aliphatic carbocycles. The molecule has 9 nitrogen and oxygen atoms in total. The maximum atomic E-state index is 5.73. The van der Waals surface area contributed by atoms with E-state index in [2.05, 4.69) is 20.3 Å². The highest BCUT2D eigenvalue weighted by Crippen LogP contribution is 2.38. The molecule has 0 amide bonds. The topological polar surface area (TPSA) is 93.0 Å². The fraction of sp³-hybridized carbons (Fsp3) is 0.263. The molecular formula is C19H18N6O3. The van der Waals surface area contributed by atoms with Gasteiger partial charge in [0.1, 0.15) is 24.4 Å². The predicted octanol–water partition coefficient (Wildman–Crippen LogP) is 2.38. The molecule has 0 spiro atoms. The van der Waals surface area contributed by atoms with Crippen LogP contribution in [-0.4, -0.2) is 43.7 Å². The molecule has 142 valence electrons. The standard InChI is InChI=1S/C19H18N6O3/c1-24-8-11-6-15-18(19-22-21-16(28-19)9-26-2)20-10-25(15)14-5-4-12(27-3)7-13(14)17(11)23-24/h4-5,7-8,10H,6,9H2,1-3H3. The van der Waals surface area contributed by atoms with Crippen molar-refractivity contribution in [1.82, 2.24) is 29.5 Å². The first-order valence-electron chi connectivity index (χ1n) is 8.77. The van der Waals surface area contributed by atoms with Crippen LogP contribution in [0.3, 0.4) is 0 Å². The fourth-order valence-electron chi connectivity index (χ4n) is 3.58. The molecule has 0 bridgehead atoms. The Morgan fingerprint density at radius 3 is 2.89 bits per heavy atom. The normalized spacial score (nSPS) is 12.2. The Balaban J connectivity index is 1.71. The van der Waals surface area contributed by atoms with Crippen LogP contribution in [0.15, 0.2) is 35.1 Å². The molecule has 1 aliphatic heterocycles. The molecule has 0 N–H and O–H groups in total. The zero-order chi connectivity index (χ0) is 19.3. The van der Waals surface area contributed by atoms with Gasteiger partial charge in [-0.05, 0) is 18.2 Å². The summed E-state index contributed by atoms with van der Waals surface area (Å²) in [4.78, 5) is 4.57. The van der Waals surface area contributed by atoms with Crippen LogP contribution >= 0.6 is 0 Å². The van der Waals surface area contributed by atoms with E-state index >= 15 is 0 Å². The molecule has 0 radical (unpaired) electrons. The number of methoxy groups -OCH3 is 2. The van der Waals surface area contributed by atoms with Crippen LogP contribution in [0.2, 0.25) is 0 Å². The second-order valence-corrected chi connectivity index (χ2v) is 6.58. The maximum Gasteiger partial charge on any atom is 0.268 e.